The third kappa shape index (κ3) is 2.64. The number of nitrogens with one attached hydrogen (secondary N) is 1. The Kier molecular flexibility index (Phi) is 3.24. The molecule has 0 unspecified atom stereocenters. The van der Waals surface area contributed by atoms with E-state index in [4.69, 9.17) is 11.6 Å². The molecule has 0 aliphatic carbocycles. The average molecular weight is 325 g/mol. The fraction of sp³-hybridized carbons (Fsp3) is 0.0625. The molecule has 3 aromatic heterocycles. The highest BCUT2D eigenvalue weighted by Gasteiger charge is 2.07. The van der Waals surface area contributed by atoms with E-state index in [-0.39, 0.29) is 5.28 Å². The Balaban J connectivity index is 1.65. The molecule has 3 heterocycles. The Labute approximate surface area is 137 Å². The Bertz CT molecular complexity index is 970. The second kappa shape index (κ2) is 5.40. The minimum Gasteiger partial charge on any atom is -0.338 e. The lowest BCUT2D eigenvalue weighted by atomic mass is 10.1. The summed E-state index contributed by atoms with van der Waals surface area (Å²) < 4.78 is 3.48. The van der Waals surface area contributed by atoms with Gasteiger partial charge >= 0.3 is 0 Å². The first-order chi connectivity index (χ1) is 11.2. The summed E-state index contributed by atoms with van der Waals surface area (Å²) in [5, 5.41) is 11.8. The van der Waals surface area contributed by atoms with E-state index >= 15 is 0 Å². The number of aromatic nitrogens is 5. The van der Waals surface area contributed by atoms with E-state index in [9.17, 15) is 0 Å². The highest BCUT2D eigenvalue weighted by Crippen LogP contribution is 2.24. The van der Waals surface area contributed by atoms with Crippen molar-refractivity contribution in [1.82, 2.24) is 24.4 Å². The summed E-state index contributed by atoms with van der Waals surface area (Å²) in [6.45, 7) is 0. The van der Waals surface area contributed by atoms with E-state index in [1.54, 1.807) is 9.20 Å². The molecule has 1 aromatic carbocycles. The molecule has 0 atom stereocenters. The molecule has 1 N–H and O–H groups in total. The minimum atomic E-state index is 0.197. The van der Waals surface area contributed by atoms with Gasteiger partial charge in [-0.15, -0.1) is 5.10 Å². The van der Waals surface area contributed by atoms with Crippen molar-refractivity contribution in [2.45, 2.75) is 0 Å². The van der Waals surface area contributed by atoms with Crippen LogP contribution >= 0.6 is 11.6 Å². The fourth-order valence-electron chi connectivity index (χ4n) is 2.45. The largest absolute Gasteiger partial charge is 0.338 e. The summed E-state index contributed by atoms with van der Waals surface area (Å²) in [5.41, 5.74) is 3.98. The number of nitrogens with zero attached hydrogens (tertiary/aromatic N) is 5. The highest BCUT2D eigenvalue weighted by molar-refractivity contribution is 6.28. The molecule has 0 fully saturated rings. The lowest BCUT2D eigenvalue weighted by molar-refractivity contribution is 0.768. The van der Waals surface area contributed by atoms with Gasteiger partial charge in [-0.3, -0.25) is 4.68 Å². The van der Waals surface area contributed by atoms with Gasteiger partial charge in [0, 0.05) is 30.7 Å². The zero-order valence-electron chi connectivity index (χ0n) is 12.3. The first-order valence-electron chi connectivity index (χ1n) is 7.06. The summed E-state index contributed by atoms with van der Waals surface area (Å²) in [6, 6.07) is 11.9. The van der Waals surface area contributed by atoms with Crippen LogP contribution in [-0.4, -0.2) is 24.4 Å². The Morgan fingerprint density at radius 1 is 1.09 bits per heavy atom. The summed E-state index contributed by atoms with van der Waals surface area (Å²) in [4.78, 5) is 4.26. The quantitative estimate of drug-likeness (QED) is 0.626. The Hall–Kier alpha value is -2.86. The molecule has 0 radical (unpaired) electrons. The molecular formula is C16H13ClN6. The van der Waals surface area contributed by atoms with E-state index in [0.717, 1.165) is 22.3 Å². The van der Waals surface area contributed by atoms with E-state index in [0.29, 0.717) is 5.82 Å². The minimum absolute atomic E-state index is 0.197. The van der Waals surface area contributed by atoms with Crippen molar-refractivity contribution >= 4 is 28.6 Å². The molecule has 6 nitrogen and oxygen atoms in total. The molecule has 4 rings (SSSR count). The van der Waals surface area contributed by atoms with Gasteiger partial charge in [-0.25, -0.2) is 4.52 Å². The van der Waals surface area contributed by atoms with E-state index in [1.807, 2.05) is 62.0 Å². The van der Waals surface area contributed by atoms with Gasteiger partial charge < -0.3 is 5.32 Å². The summed E-state index contributed by atoms with van der Waals surface area (Å²) in [7, 11) is 1.90. The lowest BCUT2D eigenvalue weighted by Crippen LogP contribution is -2.00. The number of aryl methyl sites for hydroxylation is 1. The summed E-state index contributed by atoms with van der Waals surface area (Å²) in [6.07, 6.45) is 5.66. The number of rotatable bonds is 3. The van der Waals surface area contributed by atoms with Crippen molar-refractivity contribution in [3.63, 3.8) is 0 Å². The van der Waals surface area contributed by atoms with Crippen molar-refractivity contribution in [2.24, 2.45) is 7.05 Å². The number of halogens is 1. The van der Waals surface area contributed by atoms with Crippen molar-refractivity contribution in [3.05, 3.63) is 60.3 Å². The van der Waals surface area contributed by atoms with Crippen LogP contribution < -0.4 is 5.32 Å². The maximum absolute atomic E-state index is 5.96. The smallest absolute Gasteiger partial charge is 0.243 e. The van der Waals surface area contributed by atoms with Crippen molar-refractivity contribution in [1.29, 1.82) is 0 Å². The van der Waals surface area contributed by atoms with Crippen LogP contribution in [0.5, 0.6) is 0 Å². The predicted octanol–water partition coefficient (Wildman–Crippen LogP) is 3.53. The van der Waals surface area contributed by atoms with Crippen molar-refractivity contribution in [2.75, 3.05) is 5.32 Å². The molecule has 7 heteroatoms. The summed E-state index contributed by atoms with van der Waals surface area (Å²) >= 11 is 5.96. The first kappa shape index (κ1) is 13.8. The standard InChI is InChI=1S/C16H13ClN6/c1-22-10-12(9-18-22)11-4-6-13(7-5-11)19-15-14-3-2-8-23(14)21-16(17)20-15/h2-10H,1H3,(H,19,20,21). The molecule has 0 saturated carbocycles. The third-order valence-corrected chi connectivity index (χ3v) is 3.71. The normalized spacial score (nSPS) is 11.0. The predicted molar refractivity (Wildman–Crippen MR) is 89.9 cm³/mol. The number of fused-ring (bicyclic) bond motifs is 1. The van der Waals surface area contributed by atoms with Gasteiger partial charge in [0.1, 0.15) is 5.52 Å². The first-order valence-corrected chi connectivity index (χ1v) is 7.44. The van der Waals surface area contributed by atoms with E-state index in [1.165, 1.54) is 0 Å². The molecule has 0 bridgehead atoms. The van der Waals surface area contributed by atoms with Crippen LogP contribution in [-0.2, 0) is 7.05 Å². The van der Waals surface area contributed by atoms with E-state index < -0.39 is 0 Å². The summed E-state index contributed by atoms with van der Waals surface area (Å²) in [5.74, 6) is 0.670. The fourth-order valence-corrected chi connectivity index (χ4v) is 2.62. The van der Waals surface area contributed by atoms with Crippen LogP contribution in [0.2, 0.25) is 5.28 Å². The third-order valence-electron chi connectivity index (χ3n) is 3.55. The molecule has 0 amide bonds. The molecule has 4 aromatic rings. The van der Waals surface area contributed by atoms with Gasteiger partial charge in [0.05, 0.1) is 6.20 Å². The second-order valence-electron chi connectivity index (χ2n) is 5.17. The number of hydrogen-bond acceptors (Lipinski definition) is 4. The monoisotopic (exact) mass is 324 g/mol. The molecule has 0 saturated heterocycles. The Morgan fingerprint density at radius 3 is 2.65 bits per heavy atom. The second-order valence-corrected chi connectivity index (χ2v) is 5.51. The van der Waals surface area contributed by atoms with E-state index in [2.05, 4.69) is 20.5 Å². The van der Waals surface area contributed by atoms with Crippen LogP contribution in [0.25, 0.3) is 16.6 Å². The SMILES string of the molecule is Cn1cc(-c2ccc(Nc3nc(Cl)nn4cccc34)cc2)cn1. The van der Waals surface area contributed by atoms with Crippen molar-refractivity contribution in [3.8, 4) is 11.1 Å². The van der Waals surface area contributed by atoms with Crippen LogP contribution in [0, 0.1) is 0 Å². The van der Waals surface area contributed by atoms with Gasteiger partial charge in [-0.05, 0) is 41.4 Å². The van der Waals surface area contributed by atoms with Gasteiger partial charge in [0.25, 0.3) is 0 Å². The van der Waals surface area contributed by atoms with Crippen LogP contribution in [0.1, 0.15) is 0 Å². The van der Waals surface area contributed by atoms with Crippen LogP contribution in [0.15, 0.2) is 55.0 Å². The van der Waals surface area contributed by atoms with Gasteiger partial charge in [-0.2, -0.15) is 10.1 Å². The molecule has 0 aliphatic heterocycles. The zero-order chi connectivity index (χ0) is 15.8. The molecular weight excluding hydrogens is 312 g/mol. The van der Waals surface area contributed by atoms with Crippen molar-refractivity contribution < 1.29 is 0 Å². The Morgan fingerprint density at radius 2 is 1.91 bits per heavy atom. The maximum Gasteiger partial charge on any atom is 0.243 e. The topological polar surface area (TPSA) is 60.0 Å². The van der Waals surface area contributed by atoms with Gasteiger partial charge in [0.15, 0.2) is 5.82 Å². The molecule has 23 heavy (non-hydrogen) atoms. The van der Waals surface area contributed by atoms with Gasteiger partial charge in [-0.1, -0.05) is 12.1 Å². The maximum atomic E-state index is 5.96. The van der Waals surface area contributed by atoms with Crippen LogP contribution in [0.3, 0.4) is 0 Å². The zero-order valence-corrected chi connectivity index (χ0v) is 13.1. The average Bonchev–Trinajstić information content (AvgIpc) is 3.17. The molecule has 0 spiro atoms. The number of anilines is 2. The number of benzene rings is 1. The molecule has 114 valence electrons. The highest BCUT2D eigenvalue weighted by atomic mass is 35.5. The lowest BCUT2D eigenvalue weighted by Gasteiger charge is -2.08. The molecule has 0 aliphatic rings. The van der Waals surface area contributed by atoms with Crippen LogP contribution in [0.4, 0.5) is 11.5 Å². The van der Waals surface area contributed by atoms with Gasteiger partial charge in [0.2, 0.25) is 5.28 Å². The number of hydrogen-bond donors (Lipinski definition) is 1.